The summed E-state index contributed by atoms with van der Waals surface area (Å²) in [5.74, 6) is 0.791. The van der Waals surface area contributed by atoms with Gasteiger partial charge in [0.05, 0.1) is 18.5 Å². The molecule has 1 heterocycles. The minimum Gasteiger partial charge on any atom is -0.497 e. The highest BCUT2D eigenvalue weighted by molar-refractivity contribution is 5.60. The van der Waals surface area contributed by atoms with Gasteiger partial charge in [-0.25, -0.2) is 4.68 Å². The summed E-state index contributed by atoms with van der Waals surface area (Å²) in [7, 11) is 1.63. The number of hydrogen-bond donors (Lipinski definition) is 1. The lowest BCUT2D eigenvalue weighted by Crippen LogP contribution is -2.13. The first-order chi connectivity index (χ1) is 10.2. The van der Waals surface area contributed by atoms with Crippen molar-refractivity contribution in [2.24, 2.45) is 0 Å². The lowest BCUT2D eigenvalue weighted by Gasteiger charge is -2.03. The van der Waals surface area contributed by atoms with Crippen LogP contribution in [0.4, 0.5) is 0 Å². The minimum absolute atomic E-state index is 0.0790. The van der Waals surface area contributed by atoms with E-state index < -0.39 is 0 Å². The van der Waals surface area contributed by atoms with Crippen molar-refractivity contribution in [3.63, 3.8) is 0 Å². The molecular weight excluding hydrogens is 264 g/mol. The second-order valence-electron chi connectivity index (χ2n) is 4.91. The average molecular weight is 280 g/mol. The summed E-state index contributed by atoms with van der Waals surface area (Å²) in [5, 5.41) is 3.13. The second kappa shape index (κ2) is 5.32. The lowest BCUT2D eigenvalue weighted by molar-refractivity contribution is 0.415. The van der Waals surface area contributed by atoms with Gasteiger partial charge in [0.15, 0.2) is 0 Å². The zero-order chi connectivity index (χ0) is 14.8. The van der Waals surface area contributed by atoms with E-state index in [-0.39, 0.29) is 5.56 Å². The summed E-state index contributed by atoms with van der Waals surface area (Å²) in [6.07, 6.45) is 0. The number of hydrogen-bond acceptors (Lipinski definition) is 2. The smallest absolute Gasteiger partial charge is 0.271 e. The molecule has 0 bridgehead atoms. The molecule has 0 fully saturated rings. The van der Waals surface area contributed by atoms with E-state index in [4.69, 9.17) is 4.74 Å². The van der Waals surface area contributed by atoms with Crippen LogP contribution < -0.4 is 10.3 Å². The van der Waals surface area contributed by atoms with Crippen LogP contribution in [-0.4, -0.2) is 16.9 Å². The molecule has 0 spiro atoms. The molecule has 3 aromatic rings. The highest BCUT2D eigenvalue weighted by Crippen LogP contribution is 2.20. The molecule has 0 saturated heterocycles. The largest absolute Gasteiger partial charge is 0.497 e. The third-order valence-electron chi connectivity index (χ3n) is 3.41. The van der Waals surface area contributed by atoms with Gasteiger partial charge in [0.25, 0.3) is 5.56 Å². The summed E-state index contributed by atoms with van der Waals surface area (Å²) in [5.41, 5.74) is 3.63. The predicted molar refractivity (Wildman–Crippen MR) is 83.1 cm³/mol. The molecule has 0 unspecified atom stereocenters. The summed E-state index contributed by atoms with van der Waals surface area (Å²) in [6, 6.07) is 17.0. The highest BCUT2D eigenvalue weighted by Gasteiger charge is 2.07. The fourth-order valence-electron chi connectivity index (χ4n) is 2.20. The Hall–Kier alpha value is -2.75. The van der Waals surface area contributed by atoms with E-state index in [2.05, 4.69) is 5.10 Å². The molecule has 1 aromatic heterocycles. The van der Waals surface area contributed by atoms with Crippen LogP contribution in [0.2, 0.25) is 0 Å². The fourth-order valence-corrected chi connectivity index (χ4v) is 2.20. The van der Waals surface area contributed by atoms with Gasteiger partial charge >= 0.3 is 0 Å². The van der Waals surface area contributed by atoms with Gasteiger partial charge in [0.1, 0.15) is 5.75 Å². The lowest BCUT2D eigenvalue weighted by atomic mass is 10.1. The van der Waals surface area contributed by atoms with Crippen LogP contribution in [0.3, 0.4) is 0 Å². The molecule has 0 aliphatic rings. The zero-order valence-electron chi connectivity index (χ0n) is 12.0. The molecule has 0 aliphatic carbocycles. The van der Waals surface area contributed by atoms with E-state index in [1.807, 2.05) is 55.5 Å². The van der Waals surface area contributed by atoms with E-state index in [9.17, 15) is 4.79 Å². The van der Waals surface area contributed by atoms with Crippen molar-refractivity contribution >= 4 is 0 Å². The van der Waals surface area contributed by atoms with Gasteiger partial charge in [-0.2, -0.15) is 0 Å². The number of rotatable bonds is 3. The van der Waals surface area contributed by atoms with E-state index in [1.165, 1.54) is 0 Å². The van der Waals surface area contributed by atoms with Crippen molar-refractivity contribution in [2.45, 2.75) is 6.92 Å². The van der Waals surface area contributed by atoms with Crippen molar-refractivity contribution in [3.05, 3.63) is 70.5 Å². The molecule has 1 N–H and O–H groups in total. The third-order valence-corrected chi connectivity index (χ3v) is 3.41. The number of methoxy groups -OCH3 is 1. The Balaban J connectivity index is 2.00. The Morgan fingerprint density at radius 3 is 2.29 bits per heavy atom. The quantitative estimate of drug-likeness (QED) is 0.801. The van der Waals surface area contributed by atoms with Crippen LogP contribution in [0.25, 0.3) is 16.9 Å². The van der Waals surface area contributed by atoms with Crippen LogP contribution in [0.5, 0.6) is 5.75 Å². The number of nitrogens with one attached hydrogen (secondary N) is 1. The molecule has 4 nitrogen and oxygen atoms in total. The van der Waals surface area contributed by atoms with Crippen LogP contribution in [-0.2, 0) is 0 Å². The van der Waals surface area contributed by atoms with Crippen molar-refractivity contribution in [1.82, 2.24) is 9.78 Å². The van der Waals surface area contributed by atoms with E-state index in [0.717, 1.165) is 28.3 Å². The summed E-state index contributed by atoms with van der Waals surface area (Å²) < 4.78 is 6.68. The van der Waals surface area contributed by atoms with Crippen LogP contribution in [0.1, 0.15) is 5.56 Å². The number of nitrogens with zero attached hydrogens (tertiary/aromatic N) is 1. The molecule has 3 rings (SSSR count). The predicted octanol–water partition coefficient (Wildman–Crippen LogP) is 3.15. The Kier molecular flexibility index (Phi) is 3.36. The second-order valence-corrected chi connectivity index (χ2v) is 4.91. The van der Waals surface area contributed by atoms with E-state index in [1.54, 1.807) is 17.9 Å². The average Bonchev–Trinajstić information content (AvgIpc) is 2.90. The number of benzene rings is 2. The van der Waals surface area contributed by atoms with Crippen molar-refractivity contribution in [2.75, 3.05) is 7.11 Å². The standard InChI is InChI=1S/C17H16N2O2/c1-12-3-7-14(8-4-12)19-17(20)11-16(18-19)13-5-9-15(21-2)10-6-13/h3-11,18H,1-2H3. The van der Waals surface area contributed by atoms with Gasteiger partial charge in [-0.3, -0.25) is 9.89 Å². The van der Waals surface area contributed by atoms with Crippen molar-refractivity contribution < 1.29 is 4.74 Å². The van der Waals surface area contributed by atoms with Gasteiger partial charge in [0, 0.05) is 6.07 Å². The minimum atomic E-state index is -0.0790. The maximum absolute atomic E-state index is 12.1. The van der Waals surface area contributed by atoms with Crippen molar-refractivity contribution in [3.8, 4) is 22.7 Å². The maximum Gasteiger partial charge on any atom is 0.271 e. The molecule has 106 valence electrons. The van der Waals surface area contributed by atoms with Crippen LogP contribution in [0.15, 0.2) is 59.4 Å². The molecule has 0 atom stereocenters. The monoisotopic (exact) mass is 280 g/mol. The topological polar surface area (TPSA) is 47.0 Å². The van der Waals surface area contributed by atoms with Gasteiger partial charge in [-0.15, -0.1) is 0 Å². The Bertz CT molecular complexity index is 796. The number of aromatic amines is 1. The molecule has 21 heavy (non-hydrogen) atoms. The Morgan fingerprint density at radius 1 is 1.00 bits per heavy atom. The first kappa shape index (κ1) is 13.2. The highest BCUT2D eigenvalue weighted by atomic mass is 16.5. The van der Waals surface area contributed by atoms with Gasteiger partial charge in [-0.05, 0) is 48.9 Å². The first-order valence-corrected chi connectivity index (χ1v) is 6.71. The molecule has 0 amide bonds. The van der Waals surface area contributed by atoms with Gasteiger partial charge < -0.3 is 4.74 Å². The van der Waals surface area contributed by atoms with Gasteiger partial charge in [0.2, 0.25) is 0 Å². The molecule has 0 saturated carbocycles. The van der Waals surface area contributed by atoms with Crippen molar-refractivity contribution in [1.29, 1.82) is 0 Å². The van der Waals surface area contributed by atoms with E-state index >= 15 is 0 Å². The Labute approximate surface area is 122 Å². The molecular formula is C17H16N2O2. The molecule has 4 heteroatoms. The summed E-state index contributed by atoms with van der Waals surface area (Å²) >= 11 is 0. The number of aromatic nitrogens is 2. The SMILES string of the molecule is COc1ccc(-c2cc(=O)n(-c3ccc(C)cc3)[nH]2)cc1. The molecule has 2 aromatic carbocycles. The zero-order valence-corrected chi connectivity index (χ0v) is 12.0. The van der Waals surface area contributed by atoms with Crippen LogP contribution >= 0.6 is 0 Å². The first-order valence-electron chi connectivity index (χ1n) is 6.71. The fraction of sp³-hybridized carbons (Fsp3) is 0.118. The molecule has 0 radical (unpaired) electrons. The van der Waals surface area contributed by atoms with Gasteiger partial charge in [-0.1, -0.05) is 17.7 Å². The third kappa shape index (κ3) is 2.60. The summed E-state index contributed by atoms with van der Waals surface area (Å²) in [4.78, 5) is 12.1. The normalized spacial score (nSPS) is 10.6. The number of ether oxygens (including phenoxy) is 1. The number of H-pyrrole nitrogens is 1. The molecule has 0 aliphatic heterocycles. The summed E-state index contributed by atoms with van der Waals surface area (Å²) in [6.45, 7) is 2.02. The number of aryl methyl sites for hydroxylation is 1. The maximum atomic E-state index is 12.1. The van der Waals surface area contributed by atoms with Crippen LogP contribution in [0, 0.1) is 6.92 Å². The van der Waals surface area contributed by atoms with E-state index in [0.29, 0.717) is 0 Å². The Morgan fingerprint density at radius 2 is 1.67 bits per heavy atom.